The molecule has 2 N–H and O–H groups in total. The topological polar surface area (TPSA) is 46.3 Å². The van der Waals surface area contributed by atoms with E-state index in [0.29, 0.717) is 12.5 Å². The molecule has 0 spiro atoms. The molecule has 3 nitrogen and oxygen atoms in total. The molecule has 1 heterocycles. The van der Waals surface area contributed by atoms with E-state index in [-0.39, 0.29) is 5.91 Å². The largest absolute Gasteiger partial charge is 0.339 e. The second-order valence-electron chi connectivity index (χ2n) is 5.42. The fourth-order valence-corrected chi connectivity index (χ4v) is 2.89. The lowest BCUT2D eigenvalue weighted by Gasteiger charge is -2.25. The first kappa shape index (κ1) is 14.1. The smallest absolute Gasteiger partial charge is 0.227 e. The summed E-state index contributed by atoms with van der Waals surface area (Å²) in [5, 5.41) is 0. The Morgan fingerprint density at radius 3 is 2.95 bits per heavy atom. The summed E-state index contributed by atoms with van der Waals surface area (Å²) in [5.41, 5.74) is 7.92. The van der Waals surface area contributed by atoms with Crippen molar-refractivity contribution in [1.82, 2.24) is 4.90 Å². The van der Waals surface area contributed by atoms with Gasteiger partial charge in [0.1, 0.15) is 0 Å². The monoisotopic (exact) mass is 260 g/mol. The fraction of sp³-hybridized carbons (Fsp3) is 0.562. The van der Waals surface area contributed by atoms with Gasteiger partial charge in [0.2, 0.25) is 5.91 Å². The molecule has 3 heteroatoms. The highest BCUT2D eigenvalue weighted by molar-refractivity contribution is 5.79. The predicted octanol–water partition coefficient (Wildman–Crippen LogP) is 2.27. The van der Waals surface area contributed by atoms with E-state index in [4.69, 9.17) is 5.73 Å². The zero-order valence-corrected chi connectivity index (χ0v) is 11.8. The van der Waals surface area contributed by atoms with Gasteiger partial charge in [0.05, 0.1) is 6.42 Å². The summed E-state index contributed by atoms with van der Waals surface area (Å²) in [5.74, 6) is 0.272. The molecule has 0 bridgehead atoms. The van der Waals surface area contributed by atoms with Crippen LogP contribution in [0.2, 0.25) is 0 Å². The van der Waals surface area contributed by atoms with E-state index in [2.05, 4.69) is 24.0 Å². The molecule has 1 aromatic carbocycles. The van der Waals surface area contributed by atoms with Crippen molar-refractivity contribution in [2.75, 3.05) is 13.1 Å². The lowest BCUT2D eigenvalue weighted by molar-refractivity contribution is -0.131. The second kappa shape index (κ2) is 6.71. The van der Waals surface area contributed by atoms with E-state index in [1.54, 1.807) is 0 Å². The number of likely N-dealkylation sites (tertiary alicyclic amines) is 1. The van der Waals surface area contributed by atoms with E-state index < -0.39 is 0 Å². The van der Waals surface area contributed by atoms with Crippen molar-refractivity contribution in [3.63, 3.8) is 0 Å². The van der Waals surface area contributed by atoms with Gasteiger partial charge >= 0.3 is 0 Å². The van der Waals surface area contributed by atoms with Crippen LogP contribution in [0.4, 0.5) is 0 Å². The zero-order valence-electron chi connectivity index (χ0n) is 11.8. The first-order valence-corrected chi connectivity index (χ1v) is 7.26. The fourth-order valence-electron chi connectivity index (χ4n) is 2.89. The first-order valence-electron chi connectivity index (χ1n) is 7.26. The zero-order chi connectivity index (χ0) is 13.7. The van der Waals surface area contributed by atoms with Gasteiger partial charge in [0, 0.05) is 12.6 Å². The summed E-state index contributed by atoms with van der Waals surface area (Å²) < 4.78 is 0. The van der Waals surface area contributed by atoms with Gasteiger partial charge < -0.3 is 10.6 Å². The summed E-state index contributed by atoms with van der Waals surface area (Å²) in [6.07, 6.45) is 4.87. The van der Waals surface area contributed by atoms with Crippen LogP contribution >= 0.6 is 0 Å². The third-order valence-corrected chi connectivity index (χ3v) is 4.04. The molecule has 1 saturated heterocycles. The van der Waals surface area contributed by atoms with Crippen LogP contribution in [0.3, 0.4) is 0 Å². The van der Waals surface area contributed by atoms with Gasteiger partial charge in [-0.2, -0.15) is 0 Å². The van der Waals surface area contributed by atoms with Gasteiger partial charge in [0.15, 0.2) is 0 Å². The number of amides is 1. The molecule has 1 fully saturated rings. The molecule has 0 aromatic heterocycles. The molecule has 0 saturated carbocycles. The number of hydrogen-bond acceptors (Lipinski definition) is 2. The van der Waals surface area contributed by atoms with Crippen molar-refractivity contribution >= 4 is 5.91 Å². The number of benzene rings is 1. The van der Waals surface area contributed by atoms with Crippen LogP contribution < -0.4 is 5.73 Å². The van der Waals surface area contributed by atoms with E-state index >= 15 is 0 Å². The Hall–Kier alpha value is -1.35. The Morgan fingerprint density at radius 1 is 1.42 bits per heavy atom. The van der Waals surface area contributed by atoms with Gasteiger partial charge in [-0.15, -0.1) is 0 Å². The number of hydrogen-bond donors (Lipinski definition) is 1. The normalized spacial score (nSPS) is 18.8. The summed E-state index contributed by atoms with van der Waals surface area (Å²) >= 11 is 0. The van der Waals surface area contributed by atoms with Gasteiger partial charge in [-0.25, -0.2) is 0 Å². The average Bonchev–Trinajstić information content (AvgIpc) is 2.87. The van der Waals surface area contributed by atoms with Gasteiger partial charge in [0.25, 0.3) is 0 Å². The highest BCUT2D eigenvalue weighted by Gasteiger charge is 2.27. The van der Waals surface area contributed by atoms with Crippen molar-refractivity contribution in [3.8, 4) is 0 Å². The Labute approximate surface area is 115 Å². The van der Waals surface area contributed by atoms with Crippen LogP contribution in [0.15, 0.2) is 24.3 Å². The average molecular weight is 260 g/mol. The van der Waals surface area contributed by atoms with Gasteiger partial charge in [-0.1, -0.05) is 24.3 Å². The molecule has 1 amide bonds. The molecule has 0 aliphatic carbocycles. The molecule has 1 aliphatic heterocycles. The Kier molecular flexibility index (Phi) is 4.97. The molecule has 1 unspecified atom stereocenters. The first-order chi connectivity index (χ1) is 9.22. The molecule has 1 atom stereocenters. The number of rotatable bonds is 5. The summed E-state index contributed by atoms with van der Waals surface area (Å²) in [6, 6.07) is 8.56. The van der Waals surface area contributed by atoms with Crippen molar-refractivity contribution in [2.45, 2.75) is 45.1 Å². The molecular formula is C16H24N2O. The maximum absolute atomic E-state index is 12.4. The summed E-state index contributed by atoms with van der Waals surface area (Å²) in [4.78, 5) is 14.5. The molecule has 1 aliphatic rings. The quantitative estimate of drug-likeness (QED) is 0.882. The Balaban J connectivity index is 1.97. The molecule has 2 rings (SSSR count). The number of carbonyl (C=O) groups is 1. The van der Waals surface area contributed by atoms with Crippen LogP contribution in [0.1, 0.15) is 36.8 Å². The molecule has 0 radical (unpaired) electrons. The van der Waals surface area contributed by atoms with Crippen LogP contribution in [-0.4, -0.2) is 29.9 Å². The van der Waals surface area contributed by atoms with Crippen molar-refractivity contribution in [1.29, 1.82) is 0 Å². The lowest BCUT2D eigenvalue weighted by atomic mass is 10.0. The van der Waals surface area contributed by atoms with Crippen LogP contribution in [0.25, 0.3) is 0 Å². The summed E-state index contributed by atoms with van der Waals surface area (Å²) in [7, 11) is 0. The van der Waals surface area contributed by atoms with E-state index in [1.807, 2.05) is 12.1 Å². The van der Waals surface area contributed by atoms with Crippen molar-refractivity contribution in [3.05, 3.63) is 35.4 Å². The van der Waals surface area contributed by atoms with Crippen molar-refractivity contribution in [2.24, 2.45) is 5.73 Å². The highest BCUT2D eigenvalue weighted by Crippen LogP contribution is 2.22. The number of nitrogens with two attached hydrogens (primary N) is 1. The number of carbonyl (C=O) groups excluding carboxylic acids is 1. The maximum atomic E-state index is 12.4. The van der Waals surface area contributed by atoms with Crippen molar-refractivity contribution < 1.29 is 4.79 Å². The third-order valence-electron chi connectivity index (χ3n) is 4.04. The standard InChI is InChI=1S/C16H24N2O/c1-13-6-2-3-7-14(13)12-16(19)18-11-5-9-15(18)8-4-10-17/h2-3,6-7,15H,4-5,8-12,17H2,1H3. The minimum atomic E-state index is 0.272. The third kappa shape index (κ3) is 3.57. The van der Waals surface area contributed by atoms with Crippen LogP contribution in [0, 0.1) is 6.92 Å². The van der Waals surface area contributed by atoms with Gasteiger partial charge in [-0.3, -0.25) is 4.79 Å². The van der Waals surface area contributed by atoms with E-state index in [1.165, 1.54) is 5.56 Å². The molecule has 104 valence electrons. The molecule has 19 heavy (non-hydrogen) atoms. The highest BCUT2D eigenvalue weighted by atomic mass is 16.2. The Bertz CT molecular complexity index is 431. The Morgan fingerprint density at radius 2 is 2.21 bits per heavy atom. The second-order valence-corrected chi connectivity index (χ2v) is 5.42. The molecular weight excluding hydrogens is 236 g/mol. The van der Waals surface area contributed by atoms with E-state index in [9.17, 15) is 4.79 Å². The number of nitrogens with zero attached hydrogens (tertiary/aromatic N) is 1. The van der Waals surface area contributed by atoms with Crippen LogP contribution in [-0.2, 0) is 11.2 Å². The SMILES string of the molecule is Cc1ccccc1CC(=O)N1CCCC1CCCN. The minimum absolute atomic E-state index is 0.272. The van der Waals surface area contributed by atoms with Crippen LogP contribution in [0.5, 0.6) is 0 Å². The summed E-state index contributed by atoms with van der Waals surface area (Å²) in [6.45, 7) is 3.70. The lowest BCUT2D eigenvalue weighted by Crippen LogP contribution is -2.36. The molecule has 1 aromatic rings. The van der Waals surface area contributed by atoms with Gasteiger partial charge in [-0.05, 0) is 50.3 Å². The van der Waals surface area contributed by atoms with E-state index in [0.717, 1.165) is 44.3 Å². The maximum Gasteiger partial charge on any atom is 0.227 e. The number of aryl methyl sites for hydroxylation is 1. The predicted molar refractivity (Wildman–Crippen MR) is 77.9 cm³/mol. The minimum Gasteiger partial charge on any atom is -0.339 e.